The molecule has 194 valence electrons. The second kappa shape index (κ2) is 11.5. The van der Waals surface area contributed by atoms with Crippen LogP contribution >= 0.6 is 0 Å². The molecule has 0 aliphatic carbocycles. The van der Waals surface area contributed by atoms with E-state index in [1.54, 1.807) is 24.4 Å². The number of pyridine rings is 2. The zero-order chi connectivity index (χ0) is 26.4. The Hall–Kier alpha value is -3.87. The van der Waals surface area contributed by atoms with E-state index in [4.69, 9.17) is 19.9 Å². The van der Waals surface area contributed by atoms with Gasteiger partial charge in [0.1, 0.15) is 34.6 Å². The van der Waals surface area contributed by atoms with E-state index in [1.165, 1.54) is 19.4 Å². The number of nitrogens with zero attached hydrogens (tertiary/aromatic N) is 2. The molecule has 0 bridgehead atoms. The number of methoxy groups -OCH3 is 1. The van der Waals surface area contributed by atoms with Gasteiger partial charge < -0.3 is 19.9 Å². The Labute approximate surface area is 212 Å². The molecule has 4 rings (SSSR count). The predicted molar refractivity (Wildman–Crippen MR) is 134 cm³/mol. The van der Waals surface area contributed by atoms with Gasteiger partial charge in [0.15, 0.2) is 0 Å². The first-order valence-electron chi connectivity index (χ1n) is 11.1. The number of sulfonamides is 1. The van der Waals surface area contributed by atoms with Crippen LogP contribution in [0.5, 0.6) is 11.6 Å². The molecule has 2 aromatic carbocycles. The van der Waals surface area contributed by atoms with Crippen LogP contribution in [0.15, 0.2) is 65.8 Å². The van der Waals surface area contributed by atoms with Crippen molar-refractivity contribution in [2.45, 2.75) is 4.90 Å². The number of hydrogen-bond acceptors (Lipinski definition) is 8. The Bertz CT molecular complexity index is 1520. The monoisotopic (exact) mass is 530 g/mol. The second-order valence-electron chi connectivity index (χ2n) is 7.75. The van der Waals surface area contributed by atoms with E-state index in [1.807, 2.05) is 6.07 Å². The number of rotatable bonds is 11. The van der Waals surface area contributed by atoms with Crippen LogP contribution in [0, 0.1) is 11.6 Å². The molecule has 0 saturated heterocycles. The molecule has 0 saturated carbocycles. The van der Waals surface area contributed by atoms with Gasteiger partial charge in [-0.3, -0.25) is 9.71 Å². The SMILES string of the molecule is COc1ncc(-c2ccc3nccc(OCCOCCN)c3c2)cc1NS(=O)(=O)c1ccc(F)cc1F. The third kappa shape index (κ3) is 6.10. The Kier molecular flexibility index (Phi) is 8.11. The zero-order valence-electron chi connectivity index (χ0n) is 19.8. The Balaban J connectivity index is 1.66. The van der Waals surface area contributed by atoms with E-state index in [9.17, 15) is 17.2 Å². The van der Waals surface area contributed by atoms with Crippen LogP contribution in [0.1, 0.15) is 0 Å². The molecule has 2 heterocycles. The molecule has 0 aliphatic rings. The van der Waals surface area contributed by atoms with Gasteiger partial charge in [0.25, 0.3) is 10.0 Å². The number of anilines is 1. The summed E-state index contributed by atoms with van der Waals surface area (Å²) in [7, 11) is -3.09. The minimum Gasteiger partial charge on any atom is -0.490 e. The summed E-state index contributed by atoms with van der Waals surface area (Å²) in [6.07, 6.45) is 3.14. The van der Waals surface area contributed by atoms with Gasteiger partial charge in [0.2, 0.25) is 5.88 Å². The van der Waals surface area contributed by atoms with Gasteiger partial charge in [-0.05, 0) is 42.0 Å². The summed E-state index contributed by atoms with van der Waals surface area (Å²) < 4.78 is 71.8. The fourth-order valence-electron chi connectivity index (χ4n) is 3.56. The number of ether oxygens (including phenoxy) is 3. The molecule has 4 aromatic rings. The molecule has 9 nitrogen and oxygen atoms in total. The van der Waals surface area contributed by atoms with Gasteiger partial charge in [-0.2, -0.15) is 0 Å². The topological polar surface area (TPSA) is 126 Å². The van der Waals surface area contributed by atoms with Crippen molar-refractivity contribution < 1.29 is 31.4 Å². The maximum atomic E-state index is 14.2. The standard InChI is InChI=1S/C25H24F2N4O5S/c1-34-25-22(31-37(32,33)24-5-3-18(26)14-20(24)27)13-17(15-30-25)16-2-4-21-19(12-16)23(6-8-29-21)36-11-10-35-9-7-28/h2-6,8,12-15,31H,7,9-11,28H2,1H3. The Morgan fingerprint density at radius 2 is 1.81 bits per heavy atom. The average molecular weight is 531 g/mol. The molecule has 0 aliphatic heterocycles. The zero-order valence-corrected chi connectivity index (χ0v) is 20.6. The maximum Gasteiger partial charge on any atom is 0.264 e. The summed E-state index contributed by atoms with van der Waals surface area (Å²) in [5, 5.41) is 0.727. The van der Waals surface area contributed by atoms with Crippen LogP contribution in [0.2, 0.25) is 0 Å². The van der Waals surface area contributed by atoms with E-state index in [-0.39, 0.29) is 11.6 Å². The van der Waals surface area contributed by atoms with Crippen molar-refractivity contribution >= 4 is 26.6 Å². The number of aromatic nitrogens is 2. The minimum absolute atomic E-state index is 0.0245. The summed E-state index contributed by atoms with van der Waals surface area (Å²) in [5.74, 6) is -1.55. The number of halogens is 2. The van der Waals surface area contributed by atoms with Gasteiger partial charge in [-0.25, -0.2) is 22.2 Å². The molecule has 0 radical (unpaired) electrons. The molecule has 3 N–H and O–H groups in total. The van der Waals surface area contributed by atoms with Crippen LogP contribution in [-0.4, -0.2) is 51.9 Å². The molecular weight excluding hydrogens is 506 g/mol. The lowest BCUT2D eigenvalue weighted by Crippen LogP contribution is -2.15. The van der Waals surface area contributed by atoms with E-state index in [2.05, 4.69) is 14.7 Å². The Morgan fingerprint density at radius 3 is 2.57 bits per heavy atom. The third-order valence-electron chi connectivity index (χ3n) is 5.25. The van der Waals surface area contributed by atoms with Crippen molar-refractivity contribution in [2.75, 3.05) is 38.2 Å². The summed E-state index contributed by atoms with van der Waals surface area (Å²) in [6, 6.07) is 10.9. The van der Waals surface area contributed by atoms with Crippen LogP contribution < -0.4 is 19.9 Å². The van der Waals surface area contributed by atoms with Gasteiger partial charge in [0.05, 0.1) is 25.8 Å². The number of fused-ring (bicyclic) bond motifs is 1. The summed E-state index contributed by atoms with van der Waals surface area (Å²) in [4.78, 5) is 7.84. The van der Waals surface area contributed by atoms with Gasteiger partial charge in [-0.15, -0.1) is 0 Å². The van der Waals surface area contributed by atoms with E-state index < -0.39 is 26.6 Å². The molecule has 0 unspecified atom stereocenters. The first kappa shape index (κ1) is 26.2. The van der Waals surface area contributed by atoms with Gasteiger partial charge >= 0.3 is 0 Å². The highest BCUT2D eigenvalue weighted by Crippen LogP contribution is 2.33. The van der Waals surface area contributed by atoms with Crippen molar-refractivity contribution in [3.05, 3.63) is 72.6 Å². The summed E-state index contributed by atoms with van der Waals surface area (Å²) >= 11 is 0. The van der Waals surface area contributed by atoms with Crippen molar-refractivity contribution in [1.29, 1.82) is 0 Å². The molecule has 12 heteroatoms. The van der Waals surface area contributed by atoms with Crippen molar-refractivity contribution in [1.82, 2.24) is 9.97 Å². The van der Waals surface area contributed by atoms with Crippen molar-refractivity contribution in [3.8, 4) is 22.8 Å². The largest absolute Gasteiger partial charge is 0.490 e. The van der Waals surface area contributed by atoms with Gasteiger partial charge in [0, 0.05) is 36.0 Å². The third-order valence-corrected chi connectivity index (χ3v) is 6.65. The van der Waals surface area contributed by atoms with E-state index >= 15 is 0 Å². The van der Waals surface area contributed by atoms with E-state index in [0.717, 1.165) is 17.5 Å². The molecule has 37 heavy (non-hydrogen) atoms. The number of nitrogens with two attached hydrogens (primary N) is 1. The summed E-state index contributed by atoms with van der Waals surface area (Å²) in [5.41, 5.74) is 7.32. The lowest BCUT2D eigenvalue weighted by molar-refractivity contribution is 0.106. The predicted octanol–water partition coefficient (Wildman–Crippen LogP) is 3.74. The smallest absolute Gasteiger partial charge is 0.264 e. The molecule has 0 amide bonds. The van der Waals surface area contributed by atoms with E-state index in [0.29, 0.717) is 54.8 Å². The average Bonchev–Trinajstić information content (AvgIpc) is 2.88. The van der Waals surface area contributed by atoms with Crippen LogP contribution in [-0.2, 0) is 14.8 Å². The highest BCUT2D eigenvalue weighted by molar-refractivity contribution is 7.92. The van der Waals surface area contributed by atoms with Crippen molar-refractivity contribution in [2.24, 2.45) is 5.73 Å². The lowest BCUT2D eigenvalue weighted by Gasteiger charge is -2.14. The lowest BCUT2D eigenvalue weighted by atomic mass is 10.0. The first-order chi connectivity index (χ1) is 17.8. The molecule has 2 aromatic heterocycles. The number of hydrogen-bond donors (Lipinski definition) is 2. The minimum atomic E-state index is -4.41. The second-order valence-corrected chi connectivity index (χ2v) is 9.40. The highest BCUT2D eigenvalue weighted by atomic mass is 32.2. The van der Waals surface area contributed by atoms with Crippen molar-refractivity contribution in [3.63, 3.8) is 0 Å². The quantitative estimate of drug-likeness (QED) is 0.281. The Morgan fingerprint density at radius 1 is 0.973 bits per heavy atom. The highest BCUT2D eigenvalue weighted by Gasteiger charge is 2.22. The van der Waals surface area contributed by atoms with Crippen LogP contribution in [0.25, 0.3) is 22.0 Å². The maximum absolute atomic E-state index is 14.2. The number of nitrogens with one attached hydrogen (secondary N) is 1. The van der Waals surface area contributed by atoms with Crippen LogP contribution in [0.4, 0.5) is 14.5 Å². The fraction of sp³-hybridized carbons (Fsp3) is 0.200. The normalized spacial score (nSPS) is 11.5. The fourth-order valence-corrected chi connectivity index (χ4v) is 4.67. The molecule has 0 fully saturated rings. The molecule has 0 atom stereocenters. The molecular formula is C25H24F2N4O5S. The summed E-state index contributed by atoms with van der Waals surface area (Å²) in [6.45, 7) is 1.56. The van der Waals surface area contributed by atoms with Crippen LogP contribution in [0.3, 0.4) is 0 Å². The molecule has 0 spiro atoms. The van der Waals surface area contributed by atoms with Gasteiger partial charge in [-0.1, -0.05) is 6.07 Å². The number of benzene rings is 2. The first-order valence-corrected chi connectivity index (χ1v) is 12.6.